The molecule has 118 valence electrons. The summed E-state index contributed by atoms with van der Waals surface area (Å²) < 4.78 is 1.86. The van der Waals surface area contributed by atoms with Crippen LogP contribution in [0.1, 0.15) is 16.8 Å². The Kier molecular flexibility index (Phi) is 4.69. The molecule has 0 spiro atoms. The Labute approximate surface area is 145 Å². The van der Waals surface area contributed by atoms with Crippen LogP contribution in [-0.2, 0) is 19.9 Å². The molecular formula is C18H17Cl2N3. The van der Waals surface area contributed by atoms with E-state index in [2.05, 4.69) is 23.2 Å². The summed E-state index contributed by atoms with van der Waals surface area (Å²) in [5, 5.41) is 5.80. The van der Waals surface area contributed by atoms with Gasteiger partial charge in [-0.1, -0.05) is 29.3 Å². The molecule has 3 aromatic rings. The van der Waals surface area contributed by atoms with E-state index >= 15 is 0 Å². The highest BCUT2D eigenvalue weighted by Gasteiger charge is 2.12. The van der Waals surface area contributed by atoms with Crippen LogP contribution in [0, 0.1) is 6.92 Å². The van der Waals surface area contributed by atoms with Gasteiger partial charge in [-0.05, 0) is 54.7 Å². The first kappa shape index (κ1) is 16.0. The highest BCUT2D eigenvalue weighted by molar-refractivity contribution is 6.42. The lowest BCUT2D eigenvalue weighted by Crippen LogP contribution is -1.96. The first-order chi connectivity index (χ1) is 11.0. The highest BCUT2D eigenvalue weighted by atomic mass is 35.5. The molecule has 23 heavy (non-hydrogen) atoms. The predicted octanol–water partition coefficient (Wildman–Crippen LogP) is 4.88. The summed E-state index contributed by atoms with van der Waals surface area (Å²) in [5.41, 5.74) is 5.72. The van der Waals surface area contributed by atoms with Crippen LogP contribution in [0.4, 0.5) is 0 Å². The smallest absolute Gasteiger partial charge is 0.0706 e. The Morgan fingerprint density at radius 1 is 1.04 bits per heavy atom. The Bertz CT molecular complexity index is 840. The Morgan fingerprint density at radius 3 is 2.61 bits per heavy atom. The fourth-order valence-corrected chi connectivity index (χ4v) is 3.00. The van der Waals surface area contributed by atoms with Gasteiger partial charge in [0, 0.05) is 31.2 Å². The Morgan fingerprint density at radius 2 is 1.87 bits per heavy atom. The number of halogens is 2. The van der Waals surface area contributed by atoms with Gasteiger partial charge >= 0.3 is 0 Å². The summed E-state index contributed by atoms with van der Waals surface area (Å²) in [7, 11) is 1.95. The van der Waals surface area contributed by atoms with E-state index in [1.54, 1.807) is 0 Å². The second kappa shape index (κ2) is 6.73. The third-order valence-electron chi connectivity index (χ3n) is 3.85. The van der Waals surface area contributed by atoms with E-state index in [1.807, 2.05) is 48.4 Å². The third kappa shape index (κ3) is 3.57. The van der Waals surface area contributed by atoms with E-state index in [-0.39, 0.29) is 0 Å². The van der Waals surface area contributed by atoms with Crippen molar-refractivity contribution in [2.75, 3.05) is 0 Å². The quantitative estimate of drug-likeness (QED) is 0.674. The fourth-order valence-electron chi connectivity index (χ4n) is 2.68. The zero-order valence-electron chi connectivity index (χ0n) is 13.1. The van der Waals surface area contributed by atoms with Crippen molar-refractivity contribution in [1.82, 2.24) is 14.8 Å². The molecule has 0 saturated heterocycles. The molecule has 1 aromatic carbocycles. The number of hydrogen-bond acceptors (Lipinski definition) is 2. The normalized spacial score (nSPS) is 11.0. The molecule has 3 nitrogen and oxygen atoms in total. The van der Waals surface area contributed by atoms with Gasteiger partial charge < -0.3 is 0 Å². The summed E-state index contributed by atoms with van der Waals surface area (Å²) in [6, 6.07) is 7.80. The van der Waals surface area contributed by atoms with Gasteiger partial charge in [0.1, 0.15) is 0 Å². The third-order valence-corrected chi connectivity index (χ3v) is 4.59. The van der Waals surface area contributed by atoms with Crippen LogP contribution >= 0.6 is 23.2 Å². The molecule has 2 aromatic heterocycles. The monoisotopic (exact) mass is 345 g/mol. The first-order valence-corrected chi connectivity index (χ1v) is 8.17. The van der Waals surface area contributed by atoms with Crippen LogP contribution in [0.25, 0.3) is 11.1 Å². The second-order valence-corrected chi connectivity index (χ2v) is 6.42. The Hall–Kier alpha value is -1.84. The SMILES string of the molecule is Cc1cnccc1-c1cn(C)nc1CCc1ccc(Cl)c(Cl)c1. The summed E-state index contributed by atoms with van der Waals surface area (Å²) >= 11 is 12.1. The van der Waals surface area contributed by atoms with Crippen LogP contribution in [-0.4, -0.2) is 14.8 Å². The largest absolute Gasteiger partial charge is 0.275 e. The molecule has 0 radical (unpaired) electrons. The lowest BCUT2D eigenvalue weighted by molar-refractivity contribution is 0.737. The standard InChI is InChI=1S/C18H17Cl2N3/c1-12-10-21-8-7-14(12)15-11-23(2)22-18(15)6-4-13-3-5-16(19)17(20)9-13/h3,5,7-11H,4,6H2,1-2H3. The minimum Gasteiger partial charge on any atom is -0.275 e. The molecule has 0 N–H and O–H groups in total. The number of rotatable bonds is 4. The zero-order valence-corrected chi connectivity index (χ0v) is 14.6. The molecular weight excluding hydrogens is 329 g/mol. The molecule has 0 aliphatic rings. The van der Waals surface area contributed by atoms with Gasteiger partial charge in [0.15, 0.2) is 0 Å². The van der Waals surface area contributed by atoms with E-state index in [1.165, 1.54) is 5.56 Å². The van der Waals surface area contributed by atoms with Gasteiger partial charge in [0.25, 0.3) is 0 Å². The molecule has 0 bridgehead atoms. The van der Waals surface area contributed by atoms with Crippen molar-refractivity contribution < 1.29 is 0 Å². The molecule has 2 heterocycles. The number of pyridine rings is 1. The van der Waals surface area contributed by atoms with Gasteiger partial charge in [0.2, 0.25) is 0 Å². The predicted molar refractivity (Wildman–Crippen MR) is 95.0 cm³/mol. The molecule has 0 saturated carbocycles. The van der Waals surface area contributed by atoms with Crippen LogP contribution < -0.4 is 0 Å². The minimum absolute atomic E-state index is 0.585. The average Bonchev–Trinajstić information content (AvgIpc) is 2.90. The van der Waals surface area contributed by atoms with Crippen LogP contribution in [0.3, 0.4) is 0 Å². The maximum Gasteiger partial charge on any atom is 0.0706 e. The molecule has 0 aliphatic carbocycles. The fraction of sp³-hybridized carbons (Fsp3) is 0.222. The van der Waals surface area contributed by atoms with Gasteiger partial charge in [0.05, 0.1) is 15.7 Å². The van der Waals surface area contributed by atoms with E-state index in [0.29, 0.717) is 10.0 Å². The van der Waals surface area contributed by atoms with Crippen molar-refractivity contribution >= 4 is 23.2 Å². The van der Waals surface area contributed by atoms with Crippen molar-refractivity contribution in [3.63, 3.8) is 0 Å². The summed E-state index contributed by atoms with van der Waals surface area (Å²) in [6.07, 6.45) is 7.47. The van der Waals surface area contributed by atoms with Gasteiger partial charge in [-0.15, -0.1) is 0 Å². The molecule has 0 atom stereocenters. The minimum atomic E-state index is 0.585. The topological polar surface area (TPSA) is 30.7 Å². The number of aromatic nitrogens is 3. The lowest BCUT2D eigenvalue weighted by atomic mass is 10.00. The summed E-state index contributed by atoms with van der Waals surface area (Å²) in [4.78, 5) is 4.16. The van der Waals surface area contributed by atoms with Crippen molar-refractivity contribution in [1.29, 1.82) is 0 Å². The molecule has 0 fully saturated rings. The van der Waals surface area contributed by atoms with Gasteiger partial charge in [-0.3, -0.25) is 9.67 Å². The molecule has 0 amide bonds. The summed E-state index contributed by atoms with van der Waals surface area (Å²) in [6.45, 7) is 2.07. The van der Waals surface area contributed by atoms with Crippen molar-refractivity contribution in [3.8, 4) is 11.1 Å². The molecule has 0 unspecified atom stereocenters. The first-order valence-electron chi connectivity index (χ1n) is 7.42. The van der Waals surface area contributed by atoms with Crippen LogP contribution in [0.5, 0.6) is 0 Å². The van der Waals surface area contributed by atoms with Crippen molar-refractivity contribution in [3.05, 3.63) is 69.7 Å². The lowest BCUT2D eigenvalue weighted by Gasteiger charge is -2.06. The maximum atomic E-state index is 6.09. The maximum absolute atomic E-state index is 6.09. The van der Waals surface area contributed by atoms with Crippen molar-refractivity contribution in [2.24, 2.45) is 7.05 Å². The molecule has 0 aliphatic heterocycles. The van der Waals surface area contributed by atoms with E-state index in [4.69, 9.17) is 23.2 Å². The molecule has 3 rings (SSSR count). The second-order valence-electron chi connectivity index (χ2n) is 5.60. The highest BCUT2D eigenvalue weighted by Crippen LogP contribution is 2.27. The van der Waals surface area contributed by atoms with Crippen LogP contribution in [0.2, 0.25) is 10.0 Å². The number of hydrogen-bond donors (Lipinski definition) is 0. The van der Waals surface area contributed by atoms with Crippen molar-refractivity contribution in [2.45, 2.75) is 19.8 Å². The van der Waals surface area contributed by atoms with Crippen LogP contribution in [0.15, 0.2) is 42.9 Å². The number of aryl methyl sites for hydroxylation is 4. The number of nitrogens with zero attached hydrogens (tertiary/aromatic N) is 3. The van der Waals surface area contributed by atoms with E-state index in [9.17, 15) is 0 Å². The zero-order chi connectivity index (χ0) is 16.4. The molecule has 5 heteroatoms. The summed E-state index contributed by atoms with van der Waals surface area (Å²) in [5.74, 6) is 0. The average molecular weight is 346 g/mol. The van der Waals surface area contributed by atoms with E-state index in [0.717, 1.165) is 35.2 Å². The van der Waals surface area contributed by atoms with Gasteiger partial charge in [-0.2, -0.15) is 5.10 Å². The Balaban J connectivity index is 1.86. The number of benzene rings is 1. The van der Waals surface area contributed by atoms with Gasteiger partial charge in [-0.25, -0.2) is 0 Å². The van der Waals surface area contributed by atoms with E-state index < -0.39 is 0 Å².